The summed E-state index contributed by atoms with van der Waals surface area (Å²) in [6.45, 7) is 0. The standard InChI is InChI=1S/C16H14N2O2/c1-20-16(19)15-13(9-11-5-4-8-17-10-11)12-6-2-3-7-14(12)18-15/h2-8,10,18H,9H2,1H3. The Morgan fingerprint density at radius 1 is 1.25 bits per heavy atom. The molecular weight excluding hydrogens is 252 g/mol. The molecule has 0 aliphatic rings. The lowest BCUT2D eigenvalue weighted by atomic mass is 10.0. The molecule has 0 aliphatic carbocycles. The van der Waals surface area contributed by atoms with Gasteiger partial charge < -0.3 is 9.72 Å². The van der Waals surface area contributed by atoms with Crippen molar-refractivity contribution in [2.24, 2.45) is 0 Å². The number of carbonyl (C=O) groups excluding carboxylic acids is 1. The van der Waals surface area contributed by atoms with Crippen molar-refractivity contribution in [3.05, 3.63) is 65.6 Å². The summed E-state index contributed by atoms with van der Waals surface area (Å²) in [4.78, 5) is 19.2. The maximum Gasteiger partial charge on any atom is 0.354 e. The molecule has 2 heterocycles. The van der Waals surface area contributed by atoms with Crippen LogP contribution in [0, 0.1) is 0 Å². The van der Waals surface area contributed by atoms with Gasteiger partial charge in [-0.05, 0) is 23.3 Å². The molecule has 0 saturated carbocycles. The second-order valence-corrected chi connectivity index (χ2v) is 4.55. The third kappa shape index (κ3) is 2.16. The Balaban J connectivity index is 2.13. The van der Waals surface area contributed by atoms with Crippen LogP contribution < -0.4 is 0 Å². The van der Waals surface area contributed by atoms with Gasteiger partial charge in [-0.1, -0.05) is 24.3 Å². The lowest BCUT2D eigenvalue weighted by Gasteiger charge is -2.03. The molecule has 3 rings (SSSR count). The van der Waals surface area contributed by atoms with Crippen LogP contribution in [-0.2, 0) is 11.2 Å². The van der Waals surface area contributed by atoms with E-state index in [4.69, 9.17) is 4.74 Å². The predicted molar refractivity (Wildman–Crippen MR) is 76.7 cm³/mol. The number of rotatable bonds is 3. The average Bonchev–Trinajstić information content (AvgIpc) is 2.86. The van der Waals surface area contributed by atoms with Crippen LogP contribution in [0.25, 0.3) is 10.9 Å². The van der Waals surface area contributed by atoms with E-state index in [2.05, 4.69) is 9.97 Å². The zero-order valence-electron chi connectivity index (χ0n) is 11.1. The summed E-state index contributed by atoms with van der Waals surface area (Å²) in [5.41, 5.74) is 3.45. The van der Waals surface area contributed by atoms with Gasteiger partial charge in [0.2, 0.25) is 0 Å². The van der Waals surface area contributed by atoms with Crippen molar-refractivity contribution < 1.29 is 9.53 Å². The number of benzene rings is 1. The largest absolute Gasteiger partial charge is 0.464 e. The summed E-state index contributed by atoms with van der Waals surface area (Å²) in [6, 6.07) is 11.7. The van der Waals surface area contributed by atoms with E-state index in [0.29, 0.717) is 12.1 Å². The molecule has 4 nitrogen and oxygen atoms in total. The number of para-hydroxylation sites is 1. The number of aromatic nitrogens is 2. The Hall–Kier alpha value is -2.62. The van der Waals surface area contributed by atoms with Crippen molar-refractivity contribution in [3.63, 3.8) is 0 Å². The van der Waals surface area contributed by atoms with Crippen LogP contribution in [0.4, 0.5) is 0 Å². The molecule has 0 aliphatic heterocycles. The molecule has 0 bridgehead atoms. The highest BCUT2D eigenvalue weighted by Gasteiger charge is 2.18. The third-order valence-electron chi connectivity index (χ3n) is 3.31. The van der Waals surface area contributed by atoms with Gasteiger partial charge in [0.15, 0.2) is 0 Å². The lowest BCUT2D eigenvalue weighted by molar-refractivity contribution is 0.0594. The molecule has 1 aromatic carbocycles. The van der Waals surface area contributed by atoms with E-state index in [0.717, 1.165) is 22.0 Å². The smallest absolute Gasteiger partial charge is 0.354 e. The summed E-state index contributed by atoms with van der Waals surface area (Å²) in [7, 11) is 1.39. The third-order valence-corrected chi connectivity index (χ3v) is 3.31. The Labute approximate surface area is 116 Å². The molecule has 20 heavy (non-hydrogen) atoms. The van der Waals surface area contributed by atoms with Crippen LogP contribution >= 0.6 is 0 Å². The summed E-state index contributed by atoms with van der Waals surface area (Å²) in [5.74, 6) is -0.347. The lowest BCUT2D eigenvalue weighted by Crippen LogP contribution is -2.05. The minimum atomic E-state index is -0.347. The number of ether oxygens (including phenoxy) is 1. The Morgan fingerprint density at radius 2 is 2.10 bits per heavy atom. The molecule has 0 unspecified atom stereocenters. The van der Waals surface area contributed by atoms with E-state index >= 15 is 0 Å². The molecule has 2 aromatic heterocycles. The monoisotopic (exact) mass is 266 g/mol. The first-order valence-electron chi connectivity index (χ1n) is 6.36. The van der Waals surface area contributed by atoms with Gasteiger partial charge in [0.25, 0.3) is 0 Å². The van der Waals surface area contributed by atoms with E-state index in [1.54, 1.807) is 6.20 Å². The van der Waals surface area contributed by atoms with Crippen LogP contribution in [-0.4, -0.2) is 23.0 Å². The Bertz CT molecular complexity index is 748. The summed E-state index contributed by atoms with van der Waals surface area (Å²) in [5, 5.41) is 1.04. The number of pyridine rings is 1. The first kappa shape index (κ1) is 12.4. The molecule has 1 N–H and O–H groups in total. The highest BCUT2D eigenvalue weighted by molar-refractivity contribution is 5.98. The van der Waals surface area contributed by atoms with Gasteiger partial charge in [-0.3, -0.25) is 4.98 Å². The van der Waals surface area contributed by atoms with Crippen LogP contribution in [0.2, 0.25) is 0 Å². The molecule has 100 valence electrons. The second kappa shape index (κ2) is 5.17. The number of hydrogen-bond acceptors (Lipinski definition) is 3. The van der Waals surface area contributed by atoms with Crippen molar-refractivity contribution in [2.45, 2.75) is 6.42 Å². The normalized spacial score (nSPS) is 10.7. The molecule has 0 amide bonds. The first-order chi connectivity index (χ1) is 9.79. The molecule has 0 fully saturated rings. The van der Waals surface area contributed by atoms with Gasteiger partial charge >= 0.3 is 5.97 Å². The van der Waals surface area contributed by atoms with Crippen molar-refractivity contribution in [2.75, 3.05) is 7.11 Å². The summed E-state index contributed by atoms with van der Waals surface area (Å²) < 4.78 is 4.86. The average molecular weight is 266 g/mol. The quantitative estimate of drug-likeness (QED) is 0.741. The van der Waals surface area contributed by atoms with E-state index in [1.807, 2.05) is 42.6 Å². The molecule has 3 aromatic rings. The van der Waals surface area contributed by atoms with E-state index in [-0.39, 0.29) is 5.97 Å². The van der Waals surface area contributed by atoms with Crippen LogP contribution in [0.1, 0.15) is 21.6 Å². The zero-order valence-corrected chi connectivity index (χ0v) is 11.1. The Morgan fingerprint density at radius 3 is 2.85 bits per heavy atom. The maximum absolute atomic E-state index is 11.9. The van der Waals surface area contributed by atoms with Gasteiger partial charge in [0.1, 0.15) is 5.69 Å². The predicted octanol–water partition coefficient (Wildman–Crippen LogP) is 2.94. The number of H-pyrrole nitrogens is 1. The molecule has 0 spiro atoms. The SMILES string of the molecule is COC(=O)c1[nH]c2ccccc2c1Cc1cccnc1. The van der Waals surface area contributed by atoms with E-state index in [9.17, 15) is 4.79 Å². The Kier molecular flexibility index (Phi) is 3.21. The summed E-state index contributed by atoms with van der Waals surface area (Å²) in [6.07, 6.45) is 4.19. The maximum atomic E-state index is 11.9. The minimum absolute atomic E-state index is 0.347. The first-order valence-corrected chi connectivity index (χ1v) is 6.36. The number of fused-ring (bicyclic) bond motifs is 1. The number of methoxy groups -OCH3 is 1. The fourth-order valence-electron chi connectivity index (χ4n) is 2.37. The number of aromatic amines is 1. The molecule has 0 saturated heterocycles. The second-order valence-electron chi connectivity index (χ2n) is 4.55. The van der Waals surface area contributed by atoms with Gasteiger partial charge in [-0.2, -0.15) is 0 Å². The van der Waals surface area contributed by atoms with Crippen LogP contribution in [0.15, 0.2) is 48.8 Å². The van der Waals surface area contributed by atoms with Crippen LogP contribution in [0.3, 0.4) is 0 Å². The highest BCUT2D eigenvalue weighted by Crippen LogP contribution is 2.25. The fourth-order valence-corrected chi connectivity index (χ4v) is 2.37. The number of carbonyl (C=O) groups is 1. The van der Waals surface area contributed by atoms with Crippen molar-refractivity contribution in [3.8, 4) is 0 Å². The van der Waals surface area contributed by atoms with Crippen LogP contribution in [0.5, 0.6) is 0 Å². The molecule has 0 atom stereocenters. The van der Waals surface area contributed by atoms with Gasteiger partial charge in [-0.25, -0.2) is 4.79 Å². The summed E-state index contributed by atoms with van der Waals surface area (Å²) >= 11 is 0. The fraction of sp³-hybridized carbons (Fsp3) is 0.125. The molecular formula is C16H14N2O2. The van der Waals surface area contributed by atoms with E-state index < -0.39 is 0 Å². The number of esters is 1. The highest BCUT2D eigenvalue weighted by atomic mass is 16.5. The van der Waals surface area contributed by atoms with E-state index in [1.165, 1.54) is 7.11 Å². The van der Waals surface area contributed by atoms with Crippen molar-refractivity contribution in [1.82, 2.24) is 9.97 Å². The van der Waals surface area contributed by atoms with Gasteiger partial charge in [0.05, 0.1) is 7.11 Å². The zero-order chi connectivity index (χ0) is 13.9. The molecule has 0 radical (unpaired) electrons. The number of nitrogens with zero attached hydrogens (tertiary/aromatic N) is 1. The van der Waals surface area contributed by atoms with Gasteiger partial charge in [0, 0.05) is 29.7 Å². The minimum Gasteiger partial charge on any atom is -0.464 e. The number of hydrogen-bond donors (Lipinski definition) is 1. The molecule has 4 heteroatoms. The van der Waals surface area contributed by atoms with Crippen molar-refractivity contribution >= 4 is 16.9 Å². The van der Waals surface area contributed by atoms with Crippen molar-refractivity contribution in [1.29, 1.82) is 0 Å². The number of nitrogens with one attached hydrogen (secondary N) is 1. The van der Waals surface area contributed by atoms with Gasteiger partial charge in [-0.15, -0.1) is 0 Å². The topological polar surface area (TPSA) is 55.0 Å².